The van der Waals surface area contributed by atoms with E-state index in [1.807, 2.05) is 0 Å². The molecule has 1 aliphatic carbocycles. The molecule has 0 N–H and O–H groups in total. The highest BCUT2D eigenvalue weighted by molar-refractivity contribution is 5.81. The van der Waals surface area contributed by atoms with Crippen molar-refractivity contribution in [2.24, 2.45) is 11.8 Å². The first kappa shape index (κ1) is 8.24. The van der Waals surface area contributed by atoms with Gasteiger partial charge in [0, 0.05) is 5.92 Å². The molecule has 0 bridgehead atoms. The molecule has 1 heterocycles. The third-order valence-electron chi connectivity index (χ3n) is 3.10. The van der Waals surface area contributed by atoms with Crippen molar-refractivity contribution in [1.29, 1.82) is 0 Å². The number of carbonyl (C=O) groups is 1. The minimum atomic E-state index is 0.334. The molecule has 2 heteroatoms. The summed E-state index contributed by atoms with van der Waals surface area (Å²) in [6.45, 7) is 3.81. The Morgan fingerprint density at radius 3 is 2.58 bits per heavy atom. The van der Waals surface area contributed by atoms with E-state index in [4.69, 9.17) is 4.74 Å². The molecule has 0 aromatic carbocycles. The number of hydrogen-bond donors (Lipinski definition) is 0. The van der Waals surface area contributed by atoms with E-state index in [1.54, 1.807) is 6.92 Å². The lowest BCUT2D eigenvalue weighted by atomic mass is 10.1. The molecule has 0 amide bonds. The molecule has 0 spiro atoms. The number of ketones is 1. The Kier molecular flexibility index (Phi) is 1.95. The Balaban J connectivity index is 1.85. The summed E-state index contributed by atoms with van der Waals surface area (Å²) in [4.78, 5) is 11.0. The molecule has 4 unspecified atom stereocenters. The first-order valence-electron chi connectivity index (χ1n) is 4.84. The van der Waals surface area contributed by atoms with Gasteiger partial charge in [0.05, 0.1) is 12.2 Å². The largest absolute Gasteiger partial charge is 0.375 e. The molecule has 1 saturated heterocycles. The third-order valence-corrected chi connectivity index (χ3v) is 3.10. The predicted octanol–water partition coefficient (Wildman–Crippen LogP) is 1.78. The fraction of sp³-hybridized carbons (Fsp3) is 0.900. The van der Waals surface area contributed by atoms with E-state index in [2.05, 4.69) is 6.92 Å². The quantitative estimate of drug-likeness (QED) is 0.628. The molecular weight excluding hydrogens is 152 g/mol. The summed E-state index contributed by atoms with van der Waals surface area (Å²) in [6.07, 6.45) is 4.23. The van der Waals surface area contributed by atoms with Gasteiger partial charge < -0.3 is 4.74 Å². The van der Waals surface area contributed by atoms with Crippen LogP contribution in [0.15, 0.2) is 0 Å². The molecule has 4 atom stereocenters. The van der Waals surface area contributed by atoms with Crippen LogP contribution in [0.3, 0.4) is 0 Å². The van der Waals surface area contributed by atoms with Crippen molar-refractivity contribution in [1.82, 2.24) is 0 Å². The number of rotatable bonds is 2. The molecule has 2 fully saturated rings. The van der Waals surface area contributed by atoms with Gasteiger partial charge in [-0.2, -0.15) is 0 Å². The normalized spacial score (nSPS) is 46.2. The van der Waals surface area contributed by atoms with Crippen LogP contribution in [0.2, 0.25) is 0 Å². The zero-order valence-electron chi connectivity index (χ0n) is 7.75. The summed E-state index contributed by atoms with van der Waals surface area (Å²) in [5.41, 5.74) is 0. The first-order valence-corrected chi connectivity index (χ1v) is 4.84. The predicted molar refractivity (Wildman–Crippen MR) is 45.8 cm³/mol. The van der Waals surface area contributed by atoms with Gasteiger partial charge in [0.2, 0.25) is 0 Å². The summed E-state index contributed by atoms with van der Waals surface area (Å²) >= 11 is 0. The fourth-order valence-corrected chi connectivity index (χ4v) is 2.24. The summed E-state index contributed by atoms with van der Waals surface area (Å²) in [5.74, 6) is 1.25. The summed E-state index contributed by atoms with van der Waals surface area (Å²) in [7, 11) is 0. The second kappa shape index (κ2) is 2.84. The molecular formula is C10H16O2. The van der Waals surface area contributed by atoms with Crippen LogP contribution in [0, 0.1) is 11.8 Å². The van der Waals surface area contributed by atoms with Gasteiger partial charge >= 0.3 is 0 Å². The van der Waals surface area contributed by atoms with Crippen LogP contribution in [0.25, 0.3) is 0 Å². The van der Waals surface area contributed by atoms with Crippen molar-refractivity contribution in [2.45, 2.75) is 45.3 Å². The van der Waals surface area contributed by atoms with Crippen LogP contribution in [-0.4, -0.2) is 18.0 Å². The molecule has 1 saturated carbocycles. The Bertz CT molecular complexity index is 200. The molecule has 1 aliphatic heterocycles. The second-order valence-corrected chi connectivity index (χ2v) is 4.18. The number of Topliss-reactive ketones (excluding diaryl/α,β-unsaturated/α-hetero) is 1. The fourth-order valence-electron chi connectivity index (χ4n) is 2.24. The highest BCUT2D eigenvalue weighted by Crippen LogP contribution is 2.46. The Morgan fingerprint density at radius 1 is 1.42 bits per heavy atom. The van der Waals surface area contributed by atoms with Crippen LogP contribution in [0.1, 0.15) is 33.1 Å². The van der Waals surface area contributed by atoms with Gasteiger partial charge in [-0.05, 0) is 39.0 Å². The lowest BCUT2D eigenvalue weighted by molar-refractivity contribution is -0.118. The van der Waals surface area contributed by atoms with E-state index in [0.29, 0.717) is 29.8 Å². The maximum atomic E-state index is 11.0. The minimum absolute atomic E-state index is 0.334. The molecule has 68 valence electrons. The SMILES string of the molecule is CC(=O)C1CC1C1CCC(C)O1. The number of ether oxygens (including phenoxy) is 1. The van der Waals surface area contributed by atoms with Gasteiger partial charge in [0.1, 0.15) is 5.78 Å². The van der Waals surface area contributed by atoms with E-state index < -0.39 is 0 Å². The van der Waals surface area contributed by atoms with Crippen molar-refractivity contribution >= 4 is 5.78 Å². The molecule has 2 nitrogen and oxygen atoms in total. The average molecular weight is 168 g/mol. The van der Waals surface area contributed by atoms with E-state index >= 15 is 0 Å². The maximum Gasteiger partial charge on any atom is 0.133 e. The van der Waals surface area contributed by atoms with Gasteiger partial charge in [-0.25, -0.2) is 0 Å². The van der Waals surface area contributed by atoms with Crippen LogP contribution in [0.5, 0.6) is 0 Å². The summed E-state index contributed by atoms with van der Waals surface area (Å²) < 4.78 is 5.71. The number of carbonyl (C=O) groups excluding carboxylic acids is 1. The minimum Gasteiger partial charge on any atom is -0.375 e. The molecule has 2 aliphatic rings. The molecule has 0 radical (unpaired) electrons. The van der Waals surface area contributed by atoms with E-state index in [9.17, 15) is 4.79 Å². The van der Waals surface area contributed by atoms with Gasteiger partial charge in [0.15, 0.2) is 0 Å². The van der Waals surface area contributed by atoms with Gasteiger partial charge in [-0.3, -0.25) is 4.79 Å². The highest BCUT2D eigenvalue weighted by Gasteiger charge is 2.48. The van der Waals surface area contributed by atoms with Crippen LogP contribution in [0.4, 0.5) is 0 Å². The van der Waals surface area contributed by atoms with E-state index in [1.165, 1.54) is 6.42 Å². The van der Waals surface area contributed by atoms with Gasteiger partial charge in [0.25, 0.3) is 0 Å². The van der Waals surface area contributed by atoms with Crippen molar-refractivity contribution in [3.8, 4) is 0 Å². The van der Waals surface area contributed by atoms with Crippen molar-refractivity contribution < 1.29 is 9.53 Å². The summed E-state index contributed by atoms with van der Waals surface area (Å²) in [5, 5.41) is 0. The van der Waals surface area contributed by atoms with Crippen LogP contribution >= 0.6 is 0 Å². The Hall–Kier alpha value is -0.370. The third kappa shape index (κ3) is 1.40. The first-order chi connectivity index (χ1) is 5.68. The lowest BCUT2D eigenvalue weighted by Crippen LogP contribution is -2.13. The van der Waals surface area contributed by atoms with Crippen LogP contribution in [-0.2, 0) is 9.53 Å². The molecule has 0 aromatic heterocycles. The van der Waals surface area contributed by atoms with Crippen molar-refractivity contribution in [3.63, 3.8) is 0 Å². The number of hydrogen-bond acceptors (Lipinski definition) is 2. The molecule has 12 heavy (non-hydrogen) atoms. The highest BCUT2D eigenvalue weighted by atomic mass is 16.5. The molecule has 2 rings (SSSR count). The van der Waals surface area contributed by atoms with E-state index in [-0.39, 0.29) is 0 Å². The van der Waals surface area contributed by atoms with Gasteiger partial charge in [-0.15, -0.1) is 0 Å². The maximum absolute atomic E-state index is 11.0. The van der Waals surface area contributed by atoms with Crippen LogP contribution < -0.4 is 0 Å². The lowest BCUT2D eigenvalue weighted by Gasteiger charge is -2.09. The Labute approximate surface area is 73.3 Å². The zero-order chi connectivity index (χ0) is 8.72. The average Bonchev–Trinajstić information content (AvgIpc) is 2.70. The van der Waals surface area contributed by atoms with Crippen molar-refractivity contribution in [3.05, 3.63) is 0 Å². The monoisotopic (exact) mass is 168 g/mol. The zero-order valence-corrected chi connectivity index (χ0v) is 7.75. The molecule has 0 aromatic rings. The summed E-state index contributed by atoms with van der Waals surface area (Å²) in [6, 6.07) is 0. The second-order valence-electron chi connectivity index (χ2n) is 4.18. The topological polar surface area (TPSA) is 26.3 Å². The van der Waals surface area contributed by atoms with E-state index in [0.717, 1.165) is 12.8 Å². The standard InChI is InChI=1S/C10H16O2/c1-6-3-4-10(12-6)9-5-8(9)7(2)11/h6,8-10H,3-5H2,1-2H3. The van der Waals surface area contributed by atoms with Crippen molar-refractivity contribution in [2.75, 3.05) is 0 Å². The smallest absolute Gasteiger partial charge is 0.133 e. The van der Waals surface area contributed by atoms with Gasteiger partial charge in [-0.1, -0.05) is 0 Å². The Morgan fingerprint density at radius 2 is 2.17 bits per heavy atom.